The summed E-state index contributed by atoms with van der Waals surface area (Å²) in [7, 11) is 0. The molecule has 1 N–H and O–H groups in total. The van der Waals surface area contributed by atoms with Crippen LogP contribution in [0.15, 0.2) is 24.3 Å². The van der Waals surface area contributed by atoms with E-state index in [4.69, 9.17) is 0 Å². The van der Waals surface area contributed by atoms with Crippen LogP contribution in [0.5, 0.6) is 0 Å². The van der Waals surface area contributed by atoms with Crippen molar-refractivity contribution in [3.8, 4) is 0 Å². The fourth-order valence-corrected chi connectivity index (χ4v) is 4.01. The third-order valence-corrected chi connectivity index (χ3v) is 5.13. The fraction of sp³-hybridized carbons (Fsp3) is 0.550. The number of carbonyl (C=O) groups is 3. The molecule has 0 unspecified atom stereocenters. The van der Waals surface area contributed by atoms with Crippen LogP contribution in [-0.4, -0.2) is 28.1 Å². The van der Waals surface area contributed by atoms with E-state index in [0.29, 0.717) is 5.92 Å². The van der Waals surface area contributed by atoms with Crippen molar-refractivity contribution in [1.29, 1.82) is 0 Å². The number of aliphatic hydroxyl groups is 1. The molecule has 1 aromatic carbocycles. The van der Waals surface area contributed by atoms with E-state index in [1.54, 1.807) is 0 Å². The van der Waals surface area contributed by atoms with E-state index in [9.17, 15) is 19.5 Å². The number of benzene rings is 1. The lowest BCUT2D eigenvalue weighted by molar-refractivity contribution is -0.151. The Morgan fingerprint density at radius 2 is 1.67 bits per heavy atom. The van der Waals surface area contributed by atoms with E-state index in [0.717, 1.165) is 11.1 Å². The van der Waals surface area contributed by atoms with Gasteiger partial charge in [0.15, 0.2) is 0 Å². The van der Waals surface area contributed by atoms with E-state index >= 15 is 0 Å². The minimum absolute atomic E-state index is 0.165. The zero-order valence-corrected chi connectivity index (χ0v) is 15.0. The first-order valence-corrected chi connectivity index (χ1v) is 8.42. The molecule has 1 aliphatic carbocycles. The van der Waals surface area contributed by atoms with Crippen LogP contribution < -0.4 is 0 Å². The maximum absolute atomic E-state index is 12.5. The van der Waals surface area contributed by atoms with Gasteiger partial charge in [0.05, 0.1) is 17.4 Å². The van der Waals surface area contributed by atoms with Gasteiger partial charge in [0.25, 0.3) is 0 Å². The van der Waals surface area contributed by atoms with Crippen molar-refractivity contribution in [3.05, 3.63) is 35.4 Å². The highest BCUT2D eigenvalue weighted by molar-refractivity contribution is 6.05. The number of hydrogen-bond acceptors (Lipinski definition) is 4. The van der Waals surface area contributed by atoms with Crippen LogP contribution in [0.25, 0.3) is 0 Å². The fourth-order valence-electron chi connectivity index (χ4n) is 4.01. The SMILES string of the molecule is CC(=O)[C@H]1C(=O)C[C@@](C)(O)[C@H](C(C)=O)[C@H]1c1ccc(C(C)C)cc1. The van der Waals surface area contributed by atoms with Crippen molar-refractivity contribution in [2.45, 2.75) is 58.5 Å². The van der Waals surface area contributed by atoms with Crippen molar-refractivity contribution in [3.63, 3.8) is 0 Å². The molecule has 0 amide bonds. The van der Waals surface area contributed by atoms with E-state index in [2.05, 4.69) is 13.8 Å². The normalized spacial score (nSPS) is 30.5. The van der Waals surface area contributed by atoms with Gasteiger partial charge >= 0.3 is 0 Å². The van der Waals surface area contributed by atoms with Crippen LogP contribution in [0.2, 0.25) is 0 Å². The van der Waals surface area contributed by atoms with Gasteiger partial charge in [0.1, 0.15) is 17.3 Å². The summed E-state index contributed by atoms with van der Waals surface area (Å²) in [5, 5.41) is 10.7. The van der Waals surface area contributed by atoms with Gasteiger partial charge in [-0.15, -0.1) is 0 Å². The molecule has 0 spiro atoms. The van der Waals surface area contributed by atoms with Crippen LogP contribution in [0, 0.1) is 11.8 Å². The van der Waals surface area contributed by atoms with Crippen LogP contribution in [0.4, 0.5) is 0 Å². The molecular weight excluding hydrogens is 304 g/mol. The number of rotatable bonds is 4. The number of Topliss-reactive ketones (excluding diaryl/α,β-unsaturated/α-hetero) is 3. The Bertz CT molecular complexity index is 655. The highest BCUT2D eigenvalue weighted by Gasteiger charge is 2.53. The molecule has 4 heteroatoms. The molecule has 24 heavy (non-hydrogen) atoms. The van der Waals surface area contributed by atoms with Gasteiger partial charge in [-0.25, -0.2) is 0 Å². The zero-order valence-electron chi connectivity index (χ0n) is 15.0. The van der Waals surface area contributed by atoms with Gasteiger partial charge in [-0.2, -0.15) is 0 Å². The Balaban J connectivity index is 2.58. The highest BCUT2D eigenvalue weighted by Crippen LogP contribution is 2.46. The van der Waals surface area contributed by atoms with Crippen LogP contribution in [0.1, 0.15) is 64.0 Å². The van der Waals surface area contributed by atoms with Crippen molar-refractivity contribution < 1.29 is 19.5 Å². The Morgan fingerprint density at radius 1 is 1.12 bits per heavy atom. The third-order valence-electron chi connectivity index (χ3n) is 5.13. The van der Waals surface area contributed by atoms with Crippen molar-refractivity contribution in [2.75, 3.05) is 0 Å². The van der Waals surface area contributed by atoms with Gasteiger partial charge in [0.2, 0.25) is 0 Å². The summed E-state index contributed by atoms with van der Waals surface area (Å²) in [4.78, 5) is 36.9. The van der Waals surface area contributed by atoms with Gasteiger partial charge in [-0.05, 0) is 37.8 Å². The molecule has 0 aliphatic heterocycles. The monoisotopic (exact) mass is 330 g/mol. The summed E-state index contributed by atoms with van der Waals surface area (Å²) in [5.74, 6) is -2.63. The molecule has 1 fully saturated rings. The minimum Gasteiger partial charge on any atom is -0.389 e. The summed E-state index contributed by atoms with van der Waals surface area (Å²) in [5.41, 5.74) is 0.468. The van der Waals surface area contributed by atoms with Crippen LogP contribution >= 0.6 is 0 Å². The second-order valence-electron chi connectivity index (χ2n) is 7.52. The molecular formula is C20H26O4. The van der Waals surface area contributed by atoms with Gasteiger partial charge in [-0.1, -0.05) is 38.1 Å². The Labute approximate surface area is 143 Å². The predicted molar refractivity (Wildman–Crippen MR) is 91.9 cm³/mol. The molecule has 1 aliphatic rings. The summed E-state index contributed by atoms with van der Waals surface area (Å²) in [6, 6.07) is 7.67. The van der Waals surface area contributed by atoms with Gasteiger partial charge in [-0.3, -0.25) is 14.4 Å². The topological polar surface area (TPSA) is 71.4 Å². The molecule has 4 atom stereocenters. The quantitative estimate of drug-likeness (QED) is 0.861. The van der Waals surface area contributed by atoms with Gasteiger partial charge in [0, 0.05) is 12.3 Å². The molecule has 0 saturated heterocycles. The minimum atomic E-state index is -1.43. The summed E-state index contributed by atoms with van der Waals surface area (Å²) in [6.07, 6.45) is -0.165. The first kappa shape index (κ1) is 18.5. The van der Waals surface area contributed by atoms with E-state index in [-0.39, 0.29) is 23.8 Å². The lowest BCUT2D eigenvalue weighted by Crippen LogP contribution is -2.53. The smallest absolute Gasteiger partial charge is 0.146 e. The molecule has 2 rings (SSSR count). The Kier molecular flexibility index (Phi) is 5.09. The largest absolute Gasteiger partial charge is 0.389 e. The van der Waals surface area contributed by atoms with Crippen LogP contribution in [-0.2, 0) is 14.4 Å². The number of ketones is 3. The molecule has 0 aromatic heterocycles. The molecule has 1 aromatic rings. The first-order chi connectivity index (χ1) is 11.1. The average molecular weight is 330 g/mol. The molecule has 130 valence electrons. The van der Waals surface area contributed by atoms with Crippen LogP contribution in [0.3, 0.4) is 0 Å². The van der Waals surface area contributed by atoms with E-state index in [1.807, 2.05) is 24.3 Å². The Hall–Kier alpha value is -1.81. The third kappa shape index (κ3) is 3.34. The first-order valence-electron chi connectivity index (χ1n) is 8.42. The second kappa shape index (κ2) is 6.60. The van der Waals surface area contributed by atoms with Gasteiger partial charge < -0.3 is 5.11 Å². The molecule has 1 saturated carbocycles. The lowest BCUT2D eigenvalue weighted by Gasteiger charge is -2.44. The summed E-state index contributed by atoms with van der Waals surface area (Å²) < 4.78 is 0. The Morgan fingerprint density at radius 3 is 2.08 bits per heavy atom. The standard InChI is InChI=1S/C20H26O4/c1-11(2)14-6-8-15(9-7-14)18-17(12(3)21)16(23)10-20(5,24)19(18)13(4)22/h6-9,11,17-19,24H,10H2,1-5H3/t17-,18-,19+,20+/m0/s1. The van der Waals surface area contributed by atoms with Crippen molar-refractivity contribution in [2.24, 2.45) is 11.8 Å². The molecule has 4 nitrogen and oxygen atoms in total. The molecule has 0 radical (unpaired) electrons. The number of hydrogen-bond donors (Lipinski definition) is 1. The van der Waals surface area contributed by atoms with E-state index < -0.39 is 23.4 Å². The van der Waals surface area contributed by atoms with Crippen molar-refractivity contribution >= 4 is 17.3 Å². The summed E-state index contributed by atoms with van der Waals surface area (Å²) in [6.45, 7) is 8.49. The second-order valence-corrected chi connectivity index (χ2v) is 7.52. The molecule has 0 bridgehead atoms. The number of carbonyl (C=O) groups excluding carboxylic acids is 3. The molecule has 0 heterocycles. The zero-order chi connectivity index (χ0) is 18.2. The summed E-state index contributed by atoms with van der Waals surface area (Å²) >= 11 is 0. The predicted octanol–water partition coefficient (Wildman–Crippen LogP) is 3.03. The highest BCUT2D eigenvalue weighted by atomic mass is 16.3. The van der Waals surface area contributed by atoms with Crippen molar-refractivity contribution in [1.82, 2.24) is 0 Å². The average Bonchev–Trinajstić information content (AvgIpc) is 2.44. The maximum atomic E-state index is 12.5. The maximum Gasteiger partial charge on any atom is 0.146 e. The lowest BCUT2D eigenvalue weighted by atomic mass is 9.60. The van der Waals surface area contributed by atoms with E-state index in [1.165, 1.54) is 20.8 Å².